The van der Waals surface area contributed by atoms with Crippen LogP contribution in [-0.2, 0) is 16.0 Å². The molecule has 1 heterocycles. The van der Waals surface area contributed by atoms with Gasteiger partial charge in [-0.05, 0) is 62.9 Å². The molecular weight excluding hydrogens is 452 g/mol. The zero-order chi connectivity index (χ0) is 23.0. The first-order valence-corrected chi connectivity index (χ1v) is 11.2. The van der Waals surface area contributed by atoms with Crippen molar-refractivity contribution in [1.29, 1.82) is 0 Å². The Balaban J connectivity index is 1.65. The van der Waals surface area contributed by atoms with E-state index in [1.54, 1.807) is 44.2 Å². The third kappa shape index (κ3) is 4.21. The van der Waals surface area contributed by atoms with E-state index < -0.39 is 17.2 Å². The van der Waals surface area contributed by atoms with E-state index in [0.717, 1.165) is 0 Å². The lowest BCUT2D eigenvalue weighted by atomic mass is 9.81. The van der Waals surface area contributed by atoms with Crippen LogP contribution in [0.3, 0.4) is 0 Å². The number of hydrogen-bond acceptors (Lipinski definition) is 4. The van der Waals surface area contributed by atoms with Gasteiger partial charge in [0.05, 0.1) is 22.7 Å². The number of amides is 1. The van der Waals surface area contributed by atoms with Gasteiger partial charge in [0.2, 0.25) is 0 Å². The second kappa shape index (κ2) is 8.75. The number of rotatable bonds is 4. The van der Waals surface area contributed by atoms with Crippen molar-refractivity contribution in [3.63, 3.8) is 0 Å². The molecule has 1 aliphatic heterocycles. The average Bonchev–Trinajstić information content (AvgIpc) is 2.99. The highest BCUT2D eigenvalue weighted by molar-refractivity contribution is 6.36. The molecule has 1 unspecified atom stereocenters. The molecule has 32 heavy (non-hydrogen) atoms. The number of nitrogens with zero attached hydrogens (tertiary/aromatic N) is 2. The highest BCUT2D eigenvalue weighted by atomic mass is 35.5. The Morgan fingerprint density at radius 1 is 1.16 bits per heavy atom. The van der Waals surface area contributed by atoms with Gasteiger partial charge in [0.25, 0.3) is 5.91 Å². The van der Waals surface area contributed by atoms with Crippen LogP contribution in [0.25, 0.3) is 0 Å². The van der Waals surface area contributed by atoms with Crippen LogP contribution in [0, 0.1) is 17.2 Å². The Kier molecular flexibility index (Phi) is 6.19. The van der Waals surface area contributed by atoms with Gasteiger partial charge in [-0.3, -0.25) is 14.6 Å². The number of benzene rings is 2. The average molecular weight is 474 g/mol. The molecule has 1 aliphatic carbocycles. The van der Waals surface area contributed by atoms with Crippen LogP contribution in [0.5, 0.6) is 0 Å². The minimum atomic E-state index is -0.927. The van der Waals surface area contributed by atoms with Gasteiger partial charge in [-0.25, -0.2) is 9.82 Å². The van der Waals surface area contributed by atoms with Crippen molar-refractivity contribution < 1.29 is 14.0 Å². The summed E-state index contributed by atoms with van der Waals surface area (Å²) in [5.74, 6) is -1.18. The molecule has 1 atom stereocenters. The minimum absolute atomic E-state index is 0.0785. The third-order valence-corrected chi connectivity index (χ3v) is 6.73. The van der Waals surface area contributed by atoms with E-state index in [9.17, 15) is 14.0 Å². The fraction of sp³-hybridized carbons (Fsp3) is 0.333. The monoisotopic (exact) mass is 473 g/mol. The maximum atomic E-state index is 15.0. The van der Waals surface area contributed by atoms with Crippen molar-refractivity contribution in [1.82, 2.24) is 5.43 Å². The molecule has 1 N–H and O–H groups in total. The lowest BCUT2D eigenvalue weighted by Crippen LogP contribution is -2.32. The predicted octanol–water partition coefficient (Wildman–Crippen LogP) is 5.68. The van der Waals surface area contributed by atoms with Crippen molar-refractivity contribution in [2.24, 2.45) is 21.4 Å². The summed E-state index contributed by atoms with van der Waals surface area (Å²) >= 11 is 12.6. The topological polar surface area (TPSA) is 70.9 Å². The predicted molar refractivity (Wildman–Crippen MR) is 124 cm³/mol. The molecule has 2 aliphatic rings. The largest absolute Gasteiger partial charge is 0.299 e. The second-order valence-corrected chi connectivity index (χ2v) is 9.38. The molecule has 0 saturated heterocycles. The van der Waals surface area contributed by atoms with Crippen molar-refractivity contribution in [3.8, 4) is 0 Å². The summed E-state index contributed by atoms with van der Waals surface area (Å²) in [7, 11) is 0. The quantitative estimate of drug-likeness (QED) is 0.620. The minimum Gasteiger partial charge on any atom is -0.299 e. The molecule has 0 bridgehead atoms. The fourth-order valence-corrected chi connectivity index (χ4v) is 4.65. The molecule has 1 saturated carbocycles. The van der Waals surface area contributed by atoms with Crippen molar-refractivity contribution in [2.45, 2.75) is 39.5 Å². The van der Waals surface area contributed by atoms with Gasteiger partial charge in [0.15, 0.2) is 0 Å². The molecule has 0 radical (unpaired) electrons. The lowest BCUT2D eigenvalue weighted by molar-refractivity contribution is -0.125. The van der Waals surface area contributed by atoms with Gasteiger partial charge in [-0.2, -0.15) is 5.10 Å². The molecule has 1 amide bonds. The van der Waals surface area contributed by atoms with E-state index in [0.29, 0.717) is 58.4 Å². The number of nitrogens with one attached hydrogen (secondary N) is 1. The number of Topliss-reactive ketones (excluding diaryl/α,β-unsaturated/α-hetero) is 1. The smallest absolute Gasteiger partial charge is 0.251 e. The summed E-state index contributed by atoms with van der Waals surface area (Å²) in [4.78, 5) is 29.3. The molecule has 5 nitrogen and oxygen atoms in total. The van der Waals surface area contributed by atoms with Crippen LogP contribution in [0.4, 0.5) is 10.1 Å². The highest BCUT2D eigenvalue weighted by Crippen LogP contribution is 2.33. The Labute approximate surface area is 195 Å². The van der Waals surface area contributed by atoms with Crippen LogP contribution in [0.15, 0.2) is 46.5 Å². The zero-order valence-electron chi connectivity index (χ0n) is 17.7. The first kappa shape index (κ1) is 22.6. The van der Waals surface area contributed by atoms with E-state index in [2.05, 4.69) is 15.5 Å². The summed E-state index contributed by atoms with van der Waals surface area (Å²) in [6.07, 6.45) is 2.16. The number of hydrazone groups is 1. The summed E-state index contributed by atoms with van der Waals surface area (Å²) in [5.41, 5.74) is 3.88. The maximum absolute atomic E-state index is 15.0. The number of ketones is 1. The SMILES string of the molecule is CC1(C)C(=O)NN=C1c1ccc(N=C2CCCC(=O)C2Cc2c(Cl)cccc2Cl)cc1F. The second-order valence-electron chi connectivity index (χ2n) is 8.57. The highest BCUT2D eigenvalue weighted by Gasteiger charge is 2.40. The van der Waals surface area contributed by atoms with Crippen molar-refractivity contribution in [3.05, 3.63) is 63.4 Å². The van der Waals surface area contributed by atoms with Crippen LogP contribution in [0.2, 0.25) is 10.0 Å². The van der Waals surface area contributed by atoms with E-state index >= 15 is 0 Å². The van der Waals surface area contributed by atoms with Crippen LogP contribution < -0.4 is 5.43 Å². The Morgan fingerprint density at radius 2 is 1.88 bits per heavy atom. The van der Waals surface area contributed by atoms with Gasteiger partial charge < -0.3 is 0 Å². The molecule has 8 heteroatoms. The first-order valence-electron chi connectivity index (χ1n) is 10.4. The molecule has 2 aromatic carbocycles. The molecule has 1 fully saturated rings. The number of carbonyl (C=O) groups is 2. The molecule has 4 rings (SSSR count). The molecule has 0 spiro atoms. The molecular formula is C24H22Cl2FN3O2. The van der Waals surface area contributed by atoms with Gasteiger partial charge in [0.1, 0.15) is 11.6 Å². The Bertz CT molecular complexity index is 1150. The molecule has 0 aromatic heterocycles. The summed E-state index contributed by atoms with van der Waals surface area (Å²) in [5, 5.41) is 5.02. The zero-order valence-corrected chi connectivity index (χ0v) is 19.2. The van der Waals surface area contributed by atoms with E-state index in [4.69, 9.17) is 23.2 Å². The molecule has 2 aromatic rings. The summed E-state index contributed by atoms with van der Waals surface area (Å²) in [6, 6.07) is 9.80. The van der Waals surface area contributed by atoms with Crippen LogP contribution in [0.1, 0.15) is 44.2 Å². The molecule has 166 valence electrons. The summed E-state index contributed by atoms with van der Waals surface area (Å²) < 4.78 is 15.0. The number of carbonyl (C=O) groups excluding carboxylic acids is 2. The van der Waals surface area contributed by atoms with E-state index in [-0.39, 0.29) is 17.3 Å². The van der Waals surface area contributed by atoms with Crippen LogP contribution in [-0.4, -0.2) is 23.1 Å². The van der Waals surface area contributed by atoms with Gasteiger partial charge >= 0.3 is 0 Å². The number of hydrogen-bond donors (Lipinski definition) is 1. The maximum Gasteiger partial charge on any atom is 0.251 e. The standard InChI is InChI=1S/C24H22Cl2FN3O2/c1-24(2)22(29-30-23(24)32)14-10-9-13(11-19(14)27)28-20-7-4-8-21(31)16(20)12-15-17(25)5-3-6-18(15)26/h3,5-6,9-11,16H,4,7-8,12H2,1-2H3,(H,30,32). The Hall–Kier alpha value is -2.57. The van der Waals surface area contributed by atoms with Crippen molar-refractivity contribution in [2.75, 3.05) is 0 Å². The van der Waals surface area contributed by atoms with Crippen LogP contribution >= 0.6 is 23.2 Å². The normalized spacial score (nSPS) is 21.6. The van der Waals surface area contributed by atoms with Gasteiger partial charge in [-0.15, -0.1) is 0 Å². The first-order chi connectivity index (χ1) is 15.2. The van der Waals surface area contributed by atoms with Crippen molar-refractivity contribution >= 4 is 52.0 Å². The fourth-order valence-electron chi connectivity index (χ4n) is 4.10. The lowest BCUT2D eigenvalue weighted by Gasteiger charge is -2.24. The third-order valence-electron chi connectivity index (χ3n) is 6.03. The number of aliphatic imine (C=N–C) groups is 1. The van der Waals surface area contributed by atoms with Gasteiger partial charge in [-0.1, -0.05) is 29.3 Å². The number of halogens is 3. The van der Waals surface area contributed by atoms with E-state index in [1.165, 1.54) is 6.07 Å². The summed E-state index contributed by atoms with van der Waals surface area (Å²) in [6.45, 7) is 3.39. The Morgan fingerprint density at radius 3 is 2.50 bits per heavy atom. The van der Waals surface area contributed by atoms with E-state index in [1.807, 2.05) is 0 Å². The van der Waals surface area contributed by atoms with Gasteiger partial charge in [0, 0.05) is 33.8 Å².